The van der Waals surface area contributed by atoms with Gasteiger partial charge in [-0.2, -0.15) is 0 Å². The molecule has 0 aliphatic rings. The zero-order valence-electron chi connectivity index (χ0n) is 8.59. The molecule has 0 amide bonds. The van der Waals surface area contributed by atoms with Gasteiger partial charge < -0.3 is 10.5 Å². The molecule has 0 heterocycles. The number of rotatable bonds is 4. The monoisotopic (exact) mass is 197 g/mol. The van der Waals surface area contributed by atoms with Crippen LogP contribution in [0.3, 0.4) is 0 Å². The third kappa shape index (κ3) is 2.62. The summed E-state index contributed by atoms with van der Waals surface area (Å²) in [6.07, 6.45) is 1.91. The molecule has 1 rings (SSSR count). The van der Waals surface area contributed by atoms with Gasteiger partial charge in [0, 0.05) is 0 Å². The molecular formula is C11H16FNO. The van der Waals surface area contributed by atoms with Crippen LogP contribution < -0.4 is 10.5 Å². The van der Waals surface area contributed by atoms with Gasteiger partial charge in [0.25, 0.3) is 0 Å². The van der Waals surface area contributed by atoms with Crippen molar-refractivity contribution >= 4 is 5.69 Å². The predicted octanol–water partition coefficient (Wildman–Crippen LogP) is 2.98. The largest absolute Gasteiger partial charge is 0.485 e. The maximum atomic E-state index is 13.2. The second-order valence-electron chi connectivity index (χ2n) is 3.38. The van der Waals surface area contributed by atoms with E-state index in [0.717, 1.165) is 12.8 Å². The van der Waals surface area contributed by atoms with E-state index < -0.39 is 5.82 Å². The van der Waals surface area contributed by atoms with Crippen LogP contribution in [0.4, 0.5) is 10.1 Å². The fraction of sp³-hybridized carbons (Fsp3) is 0.455. The highest BCUT2D eigenvalue weighted by Gasteiger charge is 2.10. The molecule has 1 aromatic carbocycles. The molecule has 78 valence electrons. The van der Waals surface area contributed by atoms with Gasteiger partial charge in [0.15, 0.2) is 11.6 Å². The van der Waals surface area contributed by atoms with Crippen molar-refractivity contribution < 1.29 is 9.13 Å². The van der Waals surface area contributed by atoms with Crippen molar-refractivity contribution in [1.82, 2.24) is 0 Å². The molecular weight excluding hydrogens is 181 g/mol. The van der Waals surface area contributed by atoms with Crippen LogP contribution in [0, 0.1) is 5.82 Å². The molecule has 1 unspecified atom stereocenters. The quantitative estimate of drug-likeness (QED) is 0.753. The SMILES string of the molecule is CCCC(C)Oc1c(N)cccc1F. The molecule has 0 saturated carbocycles. The summed E-state index contributed by atoms with van der Waals surface area (Å²) in [5.74, 6) is -0.221. The lowest BCUT2D eigenvalue weighted by Gasteiger charge is -2.15. The Kier molecular flexibility index (Phi) is 3.74. The Labute approximate surface area is 83.9 Å². The summed E-state index contributed by atoms with van der Waals surface area (Å²) < 4.78 is 18.7. The smallest absolute Gasteiger partial charge is 0.178 e. The first-order valence-corrected chi connectivity index (χ1v) is 4.85. The normalized spacial score (nSPS) is 12.5. The summed E-state index contributed by atoms with van der Waals surface area (Å²) in [4.78, 5) is 0. The summed E-state index contributed by atoms with van der Waals surface area (Å²) in [7, 11) is 0. The Hall–Kier alpha value is -1.25. The second kappa shape index (κ2) is 4.84. The lowest BCUT2D eigenvalue weighted by atomic mass is 10.2. The van der Waals surface area contributed by atoms with Gasteiger partial charge in [0.1, 0.15) is 0 Å². The average Bonchev–Trinajstić information content (AvgIpc) is 2.12. The maximum Gasteiger partial charge on any atom is 0.178 e. The molecule has 0 radical (unpaired) electrons. The van der Waals surface area contributed by atoms with E-state index in [0.29, 0.717) is 5.69 Å². The van der Waals surface area contributed by atoms with Crippen molar-refractivity contribution in [2.75, 3.05) is 5.73 Å². The Morgan fingerprint density at radius 3 is 2.79 bits per heavy atom. The summed E-state index contributed by atoms with van der Waals surface area (Å²) in [5, 5.41) is 0. The number of hydrogen-bond donors (Lipinski definition) is 1. The van der Waals surface area contributed by atoms with Crippen LogP contribution in [0.25, 0.3) is 0 Å². The number of anilines is 1. The van der Waals surface area contributed by atoms with Crippen LogP contribution in [0.1, 0.15) is 26.7 Å². The fourth-order valence-electron chi connectivity index (χ4n) is 1.32. The lowest BCUT2D eigenvalue weighted by molar-refractivity contribution is 0.202. The number of hydrogen-bond acceptors (Lipinski definition) is 2. The van der Waals surface area contributed by atoms with Crippen molar-refractivity contribution in [2.24, 2.45) is 0 Å². The molecule has 3 heteroatoms. The highest BCUT2D eigenvalue weighted by molar-refractivity contribution is 5.52. The van der Waals surface area contributed by atoms with Gasteiger partial charge in [-0.1, -0.05) is 19.4 Å². The number of benzene rings is 1. The first-order valence-electron chi connectivity index (χ1n) is 4.85. The predicted molar refractivity (Wildman–Crippen MR) is 55.8 cm³/mol. The van der Waals surface area contributed by atoms with E-state index >= 15 is 0 Å². The van der Waals surface area contributed by atoms with E-state index in [4.69, 9.17) is 10.5 Å². The highest BCUT2D eigenvalue weighted by atomic mass is 19.1. The third-order valence-electron chi connectivity index (χ3n) is 2.01. The van der Waals surface area contributed by atoms with E-state index in [1.54, 1.807) is 12.1 Å². The first-order chi connectivity index (χ1) is 6.65. The van der Waals surface area contributed by atoms with Gasteiger partial charge in [-0.15, -0.1) is 0 Å². The van der Waals surface area contributed by atoms with Crippen LogP contribution in [0.15, 0.2) is 18.2 Å². The number of nitrogens with two attached hydrogens (primary N) is 1. The van der Waals surface area contributed by atoms with Gasteiger partial charge in [-0.05, 0) is 25.5 Å². The minimum atomic E-state index is -0.395. The Bertz CT molecular complexity index is 281. The molecule has 0 bridgehead atoms. The molecule has 2 N–H and O–H groups in total. The van der Waals surface area contributed by atoms with Crippen LogP contribution in [-0.2, 0) is 0 Å². The van der Waals surface area contributed by atoms with Gasteiger partial charge in [0.05, 0.1) is 11.8 Å². The van der Waals surface area contributed by atoms with Crippen molar-refractivity contribution in [3.63, 3.8) is 0 Å². The summed E-state index contributed by atoms with van der Waals surface area (Å²) >= 11 is 0. The van der Waals surface area contributed by atoms with Gasteiger partial charge in [0.2, 0.25) is 0 Å². The van der Waals surface area contributed by atoms with E-state index in [-0.39, 0.29) is 11.9 Å². The molecule has 0 saturated heterocycles. The van der Waals surface area contributed by atoms with Gasteiger partial charge in [-0.25, -0.2) is 4.39 Å². The van der Waals surface area contributed by atoms with Crippen LogP contribution >= 0.6 is 0 Å². The molecule has 0 aromatic heterocycles. The maximum absolute atomic E-state index is 13.2. The van der Waals surface area contributed by atoms with Crippen molar-refractivity contribution in [3.8, 4) is 5.75 Å². The molecule has 0 fully saturated rings. The summed E-state index contributed by atoms with van der Waals surface area (Å²) in [6.45, 7) is 3.97. The van der Waals surface area contributed by atoms with Gasteiger partial charge >= 0.3 is 0 Å². The number of para-hydroxylation sites is 1. The Morgan fingerprint density at radius 1 is 1.50 bits per heavy atom. The minimum Gasteiger partial charge on any atom is -0.485 e. The van der Waals surface area contributed by atoms with Crippen LogP contribution in [0.5, 0.6) is 5.75 Å². The standard InChI is InChI=1S/C11H16FNO/c1-3-5-8(2)14-11-9(12)6-4-7-10(11)13/h4,6-8H,3,5,13H2,1-2H3. The summed E-state index contributed by atoms with van der Waals surface area (Å²) in [6, 6.07) is 4.56. The van der Waals surface area contributed by atoms with Crippen molar-refractivity contribution in [1.29, 1.82) is 0 Å². The Balaban J connectivity index is 2.75. The average molecular weight is 197 g/mol. The van der Waals surface area contributed by atoms with E-state index in [2.05, 4.69) is 6.92 Å². The molecule has 2 nitrogen and oxygen atoms in total. The lowest BCUT2D eigenvalue weighted by Crippen LogP contribution is -2.13. The zero-order chi connectivity index (χ0) is 10.6. The third-order valence-corrected chi connectivity index (χ3v) is 2.01. The van der Waals surface area contributed by atoms with E-state index in [9.17, 15) is 4.39 Å². The molecule has 0 spiro atoms. The fourth-order valence-corrected chi connectivity index (χ4v) is 1.32. The number of nitrogen functional groups attached to an aromatic ring is 1. The topological polar surface area (TPSA) is 35.2 Å². The molecule has 14 heavy (non-hydrogen) atoms. The minimum absolute atomic E-state index is 0.000741. The molecule has 0 aliphatic heterocycles. The second-order valence-corrected chi connectivity index (χ2v) is 3.38. The van der Waals surface area contributed by atoms with Crippen molar-refractivity contribution in [3.05, 3.63) is 24.0 Å². The van der Waals surface area contributed by atoms with Crippen LogP contribution in [0.2, 0.25) is 0 Å². The molecule has 1 atom stereocenters. The molecule has 1 aromatic rings. The highest BCUT2D eigenvalue weighted by Crippen LogP contribution is 2.26. The number of halogens is 1. The van der Waals surface area contributed by atoms with E-state index in [1.165, 1.54) is 6.07 Å². The Morgan fingerprint density at radius 2 is 2.21 bits per heavy atom. The van der Waals surface area contributed by atoms with Gasteiger partial charge in [-0.3, -0.25) is 0 Å². The van der Waals surface area contributed by atoms with Crippen molar-refractivity contribution in [2.45, 2.75) is 32.8 Å². The molecule has 0 aliphatic carbocycles. The van der Waals surface area contributed by atoms with Crippen LogP contribution in [-0.4, -0.2) is 6.10 Å². The number of ether oxygens (including phenoxy) is 1. The first kappa shape index (κ1) is 10.8. The zero-order valence-corrected chi connectivity index (χ0v) is 8.59. The summed E-state index contributed by atoms with van der Waals surface area (Å²) in [5.41, 5.74) is 5.96. The van der Waals surface area contributed by atoms with E-state index in [1.807, 2.05) is 6.92 Å².